The summed E-state index contributed by atoms with van der Waals surface area (Å²) in [7, 11) is 0. The molecule has 0 atom stereocenters. The smallest absolute Gasteiger partial charge is 0.255 e. The standard InChI is InChI=1S/C16H24BrNO2/c1-3-4-5-6-10-18(11-12-19)16(20)14-9-7-8-13(2)15(14)17/h7-9,19H,3-6,10-12H2,1-2H3. The van der Waals surface area contributed by atoms with Crippen molar-refractivity contribution in [1.82, 2.24) is 4.90 Å². The number of aryl methyl sites for hydroxylation is 1. The summed E-state index contributed by atoms with van der Waals surface area (Å²) in [5.41, 5.74) is 1.72. The number of halogens is 1. The van der Waals surface area contributed by atoms with Crippen LogP contribution in [0.25, 0.3) is 0 Å². The molecule has 0 saturated carbocycles. The Morgan fingerprint density at radius 2 is 2.00 bits per heavy atom. The maximum atomic E-state index is 12.6. The van der Waals surface area contributed by atoms with E-state index in [0.29, 0.717) is 18.7 Å². The van der Waals surface area contributed by atoms with Crippen molar-refractivity contribution >= 4 is 21.8 Å². The van der Waals surface area contributed by atoms with Gasteiger partial charge in [-0.3, -0.25) is 4.79 Å². The molecule has 112 valence electrons. The minimum absolute atomic E-state index is 0.00293. The third kappa shape index (κ3) is 4.91. The number of unbranched alkanes of at least 4 members (excludes halogenated alkanes) is 3. The number of amides is 1. The number of benzene rings is 1. The Balaban J connectivity index is 2.74. The number of carbonyl (C=O) groups is 1. The minimum atomic E-state index is -0.00822. The molecule has 0 saturated heterocycles. The monoisotopic (exact) mass is 341 g/mol. The van der Waals surface area contributed by atoms with Crippen LogP contribution < -0.4 is 0 Å². The van der Waals surface area contributed by atoms with Crippen LogP contribution in [0.15, 0.2) is 22.7 Å². The van der Waals surface area contributed by atoms with Crippen LogP contribution in [0.2, 0.25) is 0 Å². The lowest BCUT2D eigenvalue weighted by Crippen LogP contribution is -2.34. The van der Waals surface area contributed by atoms with Gasteiger partial charge in [0.05, 0.1) is 12.2 Å². The highest BCUT2D eigenvalue weighted by Crippen LogP contribution is 2.22. The van der Waals surface area contributed by atoms with Gasteiger partial charge in [-0.2, -0.15) is 0 Å². The summed E-state index contributed by atoms with van der Waals surface area (Å²) in [6.45, 7) is 5.24. The predicted molar refractivity (Wildman–Crippen MR) is 86.0 cm³/mol. The van der Waals surface area contributed by atoms with Crippen LogP contribution in [-0.4, -0.2) is 35.6 Å². The Bertz CT molecular complexity index is 434. The predicted octanol–water partition coefficient (Wildman–Crippen LogP) is 3.77. The molecule has 1 aromatic rings. The quantitative estimate of drug-likeness (QED) is 0.731. The molecule has 0 fully saturated rings. The third-order valence-electron chi connectivity index (χ3n) is 3.36. The van der Waals surface area contributed by atoms with E-state index >= 15 is 0 Å². The highest BCUT2D eigenvalue weighted by atomic mass is 79.9. The first-order valence-corrected chi connectivity index (χ1v) is 8.06. The fourth-order valence-corrected chi connectivity index (χ4v) is 2.58. The normalized spacial score (nSPS) is 10.6. The first-order chi connectivity index (χ1) is 9.61. The lowest BCUT2D eigenvalue weighted by Gasteiger charge is -2.22. The first-order valence-electron chi connectivity index (χ1n) is 7.27. The number of hydrogen-bond acceptors (Lipinski definition) is 2. The van der Waals surface area contributed by atoms with Gasteiger partial charge in [0.15, 0.2) is 0 Å². The van der Waals surface area contributed by atoms with Crippen molar-refractivity contribution in [2.24, 2.45) is 0 Å². The summed E-state index contributed by atoms with van der Waals surface area (Å²) in [4.78, 5) is 14.3. The van der Waals surface area contributed by atoms with E-state index in [1.807, 2.05) is 25.1 Å². The number of aliphatic hydroxyl groups is 1. The first kappa shape index (κ1) is 17.2. The summed E-state index contributed by atoms with van der Waals surface area (Å²) in [5.74, 6) is -0.00822. The second kappa shape index (κ2) is 9.14. The molecule has 1 amide bonds. The minimum Gasteiger partial charge on any atom is -0.395 e. The number of rotatable bonds is 8. The number of nitrogens with zero attached hydrogens (tertiary/aromatic N) is 1. The lowest BCUT2D eigenvalue weighted by molar-refractivity contribution is 0.0717. The van der Waals surface area contributed by atoms with E-state index in [1.54, 1.807) is 4.90 Å². The molecule has 3 nitrogen and oxygen atoms in total. The van der Waals surface area contributed by atoms with Gasteiger partial charge in [-0.15, -0.1) is 0 Å². The van der Waals surface area contributed by atoms with Crippen LogP contribution in [0.5, 0.6) is 0 Å². The van der Waals surface area contributed by atoms with Crippen LogP contribution in [0.4, 0.5) is 0 Å². The Morgan fingerprint density at radius 1 is 1.25 bits per heavy atom. The molecule has 0 unspecified atom stereocenters. The Kier molecular flexibility index (Phi) is 7.85. The number of aliphatic hydroxyl groups excluding tert-OH is 1. The number of hydrogen-bond donors (Lipinski definition) is 1. The van der Waals surface area contributed by atoms with Crippen LogP contribution in [0, 0.1) is 6.92 Å². The zero-order chi connectivity index (χ0) is 15.0. The maximum Gasteiger partial charge on any atom is 0.255 e. The third-order valence-corrected chi connectivity index (χ3v) is 4.41. The van der Waals surface area contributed by atoms with Gasteiger partial charge in [-0.1, -0.05) is 38.3 Å². The van der Waals surface area contributed by atoms with Gasteiger partial charge in [0.2, 0.25) is 0 Å². The second-order valence-corrected chi connectivity index (χ2v) is 5.81. The number of carbonyl (C=O) groups excluding carboxylic acids is 1. The fourth-order valence-electron chi connectivity index (χ4n) is 2.15. The molecule has 1 aromatic carbocycles. The second-order valence-electron chi connectivity index (χ2n) is 5.01. The van der Waals surface area contributed by atoms with Gasteiger partial charge in [-0.25, -0.2) is 0 Å². The van der Waals surface area contributed by atoms with Gasteiger partial charge in [0.25, 0.3) is 5.91 Å². The molecule has 0 aliphatic carbocycles. The average molecular weight is 342 g/mol. The maximum absolute atomic E-state index is 12.6. The molecule has 0 radical (unpaired) electrons. The van der Waals surface area contributed by atoms with Gasteiger partial charge in [0, 0.05) is 17.6 Å². The average Bonchev–Trinajstić information content (AvgIpc) is 2.44. The van der Waals surface area contributed by atoms with E-state index in [2.05, 4.69) is 22.9 Å². The summed E-state index contributed by atoms with van der Waals surface area (Å²) in [5, 5.41) is 9.15. The molecule has 0 bridgehead atoms. The molecule has 1 rings (SSSR count). The van der Waals surface area contributed by atoms with Gasteiger partial charge < -0.3 is 10.0 Å². The van der Waals surface area contributed by atoms with E-state index in [9.17, 15) is 4.79 Å². The summed E-state index contributed by atoms with van der Waals surface area (Å²) < 4.78 is 0.849. The highest BCUT2D eigenvalue weighted by Gasteiger charge is 2.18. The van der Waals surface area contributed by atoms with E-state index in [4.69, 9.17) is 5.11 Å². The molecule has 1 N–H and O–H groups in total. The van der Waals surface area contributed by atoms with E-state index < -0.39 is 0 Å². The van der Waals surface area contributed by atoms with Crippen molar-refractivity contribution in [2.75, 3.05) is 19.7 Å². The molecule has 20 heavy (non-hydrogen) atoms. The van der Waals surface area contributed by atoms with E-state index in [-0.39, 0.29) is 12.5 Å². The van der Waals surface area contributed by atoms with Gasteiger partial charge >= 0.3 is 0 Å². The van der Waals surface area contributed by atoms with E-state index in [1.165, 1.54) is 12.8 Å². The largest absolute Gasteiger partial charge is 0.395 e. The summed E-state index contributed by atoms with van der Waals surface area (Å²) in [6.07, 6.45) is 4.48. The summed E-state index contributed by atoms with van der Waals surface area (Å²) in [6, 6.07) is 5.69. The molecule has 0 aliphatic rings. The van der Waals surface area contributed by atoms with Crippen molar-refractivity contribution < 1.29 is 9.90 Å². The zero-order valence-corrected chi connectivity index (χ0v) is 13.9. The van der Waals surface area contributed by atoms with Crippen molar-refractivity contribution in [3.05, 3.63) is 33.8 Å². The molecule has 0 spiro atoms. The molecule has 0 aliphatic heterocycles. The Hall–Kier alpha value is -0.870. The summed E-state index contributed by atoms with van der Waals surface area (Å²) >= 11 is 3.48. The lowest BCUT2D eigenvalue weighted by atomic mass is 10.1. The highest BCUT2D eigenvalue weighted by molar-refractivity contribution is 9.10. The molecular formula is C16H24BrNO2. The van der Waals surface area contributed by atoms with Crippen LogP contribution in [0.3, 0.4) is 0 Å². The fraction of sp³-hybridized carbons (Fsp3) is 0.562. The molecule has 0 heterocycles. The molecular weight excluding hydrogens is 318 g/mol. The van der Waals surface area contributed by atoms with Crippen LogP contribution in [0.1, 0.15) is 48.5 Å². The van der Waals surface area contributed by atoms with E-state index in [0.717, 1.165) is 22.9 Å². The van der Waals surface area contributed by atoms with Crippen molar-refractivity contribution in [2.45, 2.75) is 39.5 Å². The van der Waals surface area contributed by atoms with Crippen molar-refractivity contribution in [3.8, 4) is 0 Å². The van der Waals surface area contributed by atoms with Crippen molar-refractivity contribution in [3.63, 3.8) is 0 Å². The zero-order valence-electron chi connectivity index (χ0n) is 12.4. The molecule has 0 aromatic heterocycles. The van der Waals surface area contributed by atoms with Crippen molar-refractivity contribution in [1.29, 1.82) is 0 Å². The van der Waals surface area contributed by atoms with Gasteiger partial charge in [-0.05, 0) is 40.9 Å². The van der Waals surface area contributed by atoms with Gasteiger partial charge in [0.1, 0.15) is 0 Å². The Morgan fingerprint density at radius 3 is 2.65 bits per heavy atom. The van der Waals surface area contributed by atoms with Crippen LogP contribution >= 0.6 is 15.9 Å². The molecule has 4 heteroatoms. The SMILES string of the molecule is CCCCCCN(CCO)C(=O)c1cccc(C)c1Br. The Labute approximate surface area is 130 Å². The topological polar surface area (TPSA) is 40.5 Å². The van der Waals surface area contributed by atoms with Crippen LogP contribution in [-0.2, 0) is 0 Å².